The van der Waals surface area contributed by atoms with Crippen molar-refractivity contribution in [1.82, 2.24) is 8.75 Å². The van der Waals surface area contributed by atoms with Crippen LogP contribution < -0.4 is 0 Å². The zero-order valence-corrected chi connectivity index (χ0v) is 47.5. The maximum absolute atomic E-state index is 5.11. The Morgan fingerprint density at radius 2 is 1.10 bits per heavy atom. The molecule has 5 aromatic heterocycles. The van der Waals surface area contributed by atoms with Crippen molar-refractivity contribution >= 4 is 100.0 Å². The smallest absolute Gasteiger partial charge is 0.113 e. The molecule has 7 aromatic rings. The van der Waals surface area contributed by atoms with E-state index in [4.69, 9.17) is 8.75 Å². The summed E-state index contributed by atoms with van der Waals surface area (Å²) in [5.74, 6) is 0. The lowest BCUT2D eigenvalue weighted by molar-refractivity contribution is 0.399. The number of aromatic nitrogens is 2. The largest absolute Gasteiger partial charge is 0.173 e. The van der Waals surface area contributed by atoms with Crippen LogP contribution in [0.3, 0.4) is 0 Å². The van der Waals surface area contributed by atoms with E-state index < -0.39 is 0 Å². The van der Waals surface area contributed by atoms with Crippen LogP contribution in [-0.2, 0) is 24.7 Å². The first-order valence-electron chi connectivity index (χ1n) is 26.0. The van der Waals surface area contributed by atoms with Crippen LogP contribution in [0.2, 0.25) is 0 Å². The van der Waals surface area contributed by atoms with Crippen LogP contribution in [0, 0.1) is 0 Å². The fourth-order valence-electron chi connectivity index (χ4n) is 10.5. The van der Waals surface area contributed by atoms with Crippen LogP contribution in [0.1, 0.15) is 188 Å². The third-order valence-electron chi connectivity index (χ3n) is 14.3. The van der Waals surface area contributed by atoms with E-state index in [2.05, 4.69) is 118 Å². The molecule has 0 saturated heterocycles. The van der Waals surface area contributed by atoms with Crippen molar-refractivity contribution in [3.05, 3.63) is 105 Å². The number of thiophene rings is 4. The van der Waals surface area contributed by atoms with Crippen LogP contribution in [0.25, 0.3) is 51.4 Å². The third kappa shape index (κ3) is 12.9. The van der Waals surface area contributed by atoms with Crippen LogP contribution >= 0.6 is 88.9 Å². The Labute approximate surface area is 440 Å². The Hall–Kier alpha value is -1.98. The lowest BCUT2D eigenvalue weighted by Crippen LogP contribution is -2.25. The predicted octanol–water partition coefficient (Wildman–Crippen LogP) is 21.3. The molecule has 0 atom stereocenters. The van der Waals surface area contributed by atoms with Gasteiger partial charge in [-0.05, 0) is 114 Å². The zero-order chi connectivity index (χ0) is 46.3. The second-order valence-electron chi connectivity index (χ2n) is 19.2. The van der Waals surface area contributed by atoms with Crippen LogP contribution in [-0.4, -0.2) is 19.4 Å². The molecular weight excluding hydrogens is 1040 g/mol. The highest BCUT2D eigenvalue weighted by Gasteiger charge is 2.45. The number of alkyl halides is 2. The lowest BCUT2D eigenvalue weighted by atomic mass is 9.71. The van der Waals surface area contributed by atoms with Crippen molar-refractivity contribution in [1.29, 1.82) is 0 Å². The SMILES string of the molecule is CCCCCCc1csc(-c2cc(CCCCCC)c(Cc3ccc(-c4cc5c(s4)-c4sc(-c6ccccc6)cc4C5(CCCCCCCCBr)CCCCCCCCBr)c4nsnc34)s2)c1. The normalized spacial score (nSPS) is 13.0. The molecule has 1 aliphatic carbocycles. The molecule has 2 nitrogen and oxygen atoms in total. The fourth-order valence-corrected chi connectivity index (χ4v) is 16.9. The Morgan fingerprint density at radius 1 is 0.507 bits per heavy atom. The molecule has 0 bridgehead atoms. The highest BCUT2D eigenvalue weighted by Crippen LogP contribution is 2.62. The summed E-state index contributed by atoms with van der Waals surface area (Å²) in [5.41, 5.74) is 12.4. The molecule has 0 saturated carbocycles. The second-order valence-corrected chi connectivity index (χ2v) is 25.5. The molecule has 358 valence electrons. The minimum absolute atomic E-state index is 0.0524. The zero-order valence-electron chi connectivity index (χ0n) is 40.2. The summed E-state index contributed by atoms with van der Waals surface area (Å²) in [4.78, 5) is 10.2. The first kappa shape index (κ1) is 51.4. The van der Waals surface area contributed by atoms with Gasteiger partial charge < -0.3 is 0 Å². The first-order valence-corrected chi connectivity index (χ1v) is 32.3. The van der Waals surface area contributed by atoms with Gasteiger partial charge in [0, 0.05) is 62.2 Å². The standard InChI is InChI=1S/C58H72Br2N2S5/c1-3-5-7-18-26-42-36-52(63-41-42)53-37-44(29-19-8-6-4-2)49(64-53)38-45-30-31-46(55-54(45)61-67-62-55)51-40-48-57(66-51)56-47(39-50(65-56)43-27-20-17-21-28-43)58(48,32-22-13-9-11-15-24-34-59)33-23-14-10-12-16-25-35-60/h17,20-21,27-28,30-31,36-37,39-41H,3-16,18-19,22-26,29,32-35,38H2,1-2H3. The number of benzene rings is 2. The van der Waals surface area contributed by atoms with Crippen molar-refractivity contribution in [3.63, 3.8) is 0 Å². The van der Waals surface area contributed by atoms with Gasteiger partial charge in [-0.1, -0.05) is 191 Å². The molecule has 67 heavy (non-hydrogen) atoms. The molecule has 0 N–H and O–H groups in total. The van der Waals surface area contributed by atoms with Gasteiger partial charge in [0.2, 0.25) is 0 Å². The van der Waals surface area contributed by atoms with Crippen molar-refractivity contribution in [2.45, 2.75) is 180 Å². The minimum Gasteiger partial charge on any atom is -0.173 e. The second kappa shape index (κ2) is 26.5. The van der Waals surface area contributed by atoms with E-state index in [1.165, 1.54) is 216 Å². The Balaban J connectivity index is 1.11. The molecule has 0 aliphatic heterocycles. The third-order valence-corrected chi connectivity index (χ3v) is 20.8. The monoisotopic (exact) mass is 1110 g/mol. The molecule has 0 radical (unpaired) electrons. The first-order chi connectivity index (χ1) is 33.1. The number of unbranched alkanes of at least 4 members (excludes halogenated alkanes) is 16. The van der Waals surface area contributed by atoms with Gasteiger partial charge in [-0.25, -0.2) is 0 Å². The highest BCUT2D eigenvalue weighted by molar-refractivity contribution is 9.09. The van der Waals surface area contributed by atoms with Gasteiger partial charge in [-0.3, -0.25) is 0 Å². The summed E-state index contributed by atoms with van der Waals surface area (Å²) in [6.07, 6.45) is 32.0. The van der Waals surface area contributed by atoms with E-state index in [1.54, 1.807) is 16.7 Å². The minimum atomic E-state index is 0.0524. The Morgan fingerprint density at radius 3 is 1.78 bits per heavy atom. The molecule has 0 unspecified atom stereocenters. The number of hydrogen-bond donors (Lipinski definition) is 0. The molecule has 5 heterocycles. The molecule has 9 heteroatoms. The van der Waals surface area contributed by atoms with Crippen molar-refractivity contribution in [2.75, 3.05) is 10.7 Å². The highest BCUT2D eigenvalue weighted by atomic mass is 79.9. The molecule has 8 rings (SSSR count). The van der Waals surface area contributed by atoms with Crippen LogP contribution in [0.5, 0.6) is 0 Å². The maximum atomic E-state index is 5.11. The van der Waals surface area contributed by atoms with Crippen molar-refractivity contribution < 1.29 is 0 Å². The molecule has 2 aromatic carbocycles. The van der Waals surface area contributed by atoms with Gasteiger partial charge in [0.1, 0.15) is 11.0 Å². The number of aryl methyl sites for hydroxylation is 2. The number of halogens is 2. The maximum Gasteiger partial charge on any atom is 0.113 e. The van der Waals surface area contributed by atoms with Crippen LogP contribution in [0.15, 0.2) is 72.1 Å². The summed E-state index contributed by atoms with van der Waals surface area (Å²) in [7, 11) is 0. The number of fused-ring (bicyclic) bond motifs is 4. The quantitative estimate of drug-likeness (QED) is 0.0320. The number of nitrogens with zero attached hydrogens (tertiary/aromatic N) is 2. The summed E-state index contributed by atoms with van der Waals surface area (Å²) >= 11 is 16.7. The number of hydrogen-bond acceptors (Lipinski definition) is 7. The Kier molecular flexibility index (Phi) is 20.3. The topological polar surface area (TPSA) is 25.8 Å². The van der Waals surface area contributed by atoms with E-state index in [1.807, 2.05) is 45.3 Å². The van der Waals surface area contributed by atoms with E-state index in [-0.39, 0.29) is 5.41 Å². The van der Waals surface area contributed by atoms with Gasteiger partial charge in [0.15, 0.2) is 0 Å². The van der Waals surface area contributed by atoms with Gasteiger partial charge in [-0.15, -0.1) is 45.3 Å². The Bertz CT molecular complexity index is 2540. The predicted molar refractivity (Wildman–Crippen MR) is 309 cm³/mol. The fraction of sp³-hybridized carbons (Fsp3) is 0.517. The lowest BCUT2D eigenvalue weighted by Gasteiger charge is -2.31. The van der Waals surface area contributed by atoms with E-state index >= 15 is 0 Å². The summed E-state index contributed by atoms with van der Waals surface area (Å²) in [5, 5.41) is 4.66. The molecule has 0 fully saturated rings. The van der Waals surface area contributed by atoms with Crippen LogP contribution in [0.4, 0.5) is 0 Å². The van der Waals surface area contributed by atoms with E-state index in [0.717, 1.165) is 34.5 Å². The van der Waals surface area contributed by atoms with Gasteiger partial charge >= 0.3 is 0 Å². The number of rotatable bonds is 31. The summed E-state index contributed by atoms with van der Waals surface area (Å²) in [6, 6.07) is 26.2. The van der Waals surface area contributed by atoms with Gasteiger partial charge in [0.25, 0.3) is 0 Å². The van der Waals surface area contributed by atoms with E-state index in [9.17, 15) is 0 Å². The molecular formula is C58H72Br2N2S5. The van der Waals surface area contributed by atoms with E-state index in [0.29, 0.717) is 0 Å². The summed E-state index contributed by atoms with van der Waals surface area (Å²) in [6.45, 7) is 4.61. The molecule has 1 aliphatic rings. The van der Waals surface area contributed by atoms with Crippen molar-refractivity contribution in [3.8, 4) is 40.4 Å². The average molecular weight is 1120 g/mol. The molecule has 0 amide bonds. The van der Waals surface area contributed by atoms with Gasteiger partial charge in [-0.2, -0.15) is 8.75 Å². The van der Waals surface area contributed by atoms with Gasteiger partial charge in [0.05, 0.1) is 11.7 Å². The average Bonchev–Trinajstić information content (AvgIpc) is 4.22. The van der Waals surface area contributed by atoms with Crippen molar-refractivity contribution in [2.24, 2.45) is 0 Å². The summed E-state index contributed by atoms with van der Waals surface area (Å²) < 4.78 is 10.2. The molecule has 0 spiro atoms.